The van der Waals surface area contributed by atoms with Gasteiger partial charge in [0.25, 0.3) is 0 Å². The monoisotopic (exact) mass is 395 g/mol. The van der Waals surface area contributed by atoms with Gasteiger partial charge >= 0.3 is 5.97 Å². The number of aryl methyl sites for hydroxylation is 2. The number of rotatable bonds is 3. The summed E-state index contributed by atoms with van der Waals surface area (Å²) >= 11 is 1.42. The number of carbonyl (C=O) groups is 1. The van der Waals surface area contributed by atoms with Crippen LogP contribution in [0.15, 0.2) is 36.5 Å². The van der Waals surface area contributed by atoms with Crippen molar-refractivity contribution in [3.05, 3.63) is 63.8 Å². The summed E-state index contributed by atoms with van der Waals surface area (Å²) in [7, 11) is 1.36. The average molecular weight is 395 g/mol. The summed E-state index contributed by atoms with van der Waals surface area (Å²) in [5, 5.41) is 12.2. The predicted molar refractivity (Wildman–Crippen MR) is 108 cm³/mol. The summed E-state index contributed by atoms with van der Waals surface area (Å²) < 4.78 is 4.81. The van der Waals surface area contributed by atoms with Crippen molar-refractivity contribution in [2.45, 2.75) is 31.8 Å². The largest absolute Gasteiger partial charge is 0.465 e. The fraction of sp³-hybridized carbons (Fsp3) is 0.286. The van der Waals surface area contributed by atoms with Crippen LogP contribution in [0, 0.1) is 6.92 Å². The lowest BCUT2D eigenvalue weighted by Gasteiger charge is -2.33. The van der Waals surface area contributed by atoms with Crippen LogP contribution >= 0.6 is 11.3 Å². The Labute approximate surface area is 167 Å². The molecule has 0 aliphatic heterocycles. The number of thiazole rings is 1. The first kappa shape index (κ1) is 18.6. The number of nitrogen functional groups attached to an aromatic ring is 1. The highest BCUT2D eigenvalue weighted by Crippen LogP contribution is 2.43. The molecule has 6 nitrogen and oxygen atoms in total. The summed E-state index contributed by atoms with van der Waals surface area (Å²) in [6.07, 6.45) is 3.92. The number of fused-ring (bicyclic) bond motifs is 1. The molecular weight excluding hydrogens is 374 g/mol. The van der Waals surface area contributed by atoms with Crippen LogP contribution in [0.3, 0.4) is 0 Å². The number of nitrogens with two attached hydrogens (primary N) is 1. The maximum atomic E-state index is 11.8. The number of aliphatic hydroxyl groups is 1. The van der Waals surface area contributed by atoms with Gasteiger partial charge in [-0.15, -0.1) is 11.3 Å². The normalized spacial score (nSPS) is 18.5. The molecule has 7 heteroatoms. The third kappa shape index (κ3) is 3.16. The zero-order valence-electron chi connectivity index (χ0n) is 15.7. The van der Waals surface area contributed by atoms with E-state index < -0.39 is 5.60 Å². The second kappa shape index (κ2) is 7.00. The highest BCUT2D eigenvalue weighted by Gasteiger charge is 2.39. The van der Waals surface area contributed by atoms with E-state index in [1.54, 1.807) is 12.3 Å². The molecule has 0 radical (unpaired) electrons. The zero-order chi connectivity index (χ0) is 19.9. The van der Waals surface area contributed by atoms with Gasteiger partial charge in [0.2, 0.25) is 0 Å². The number of nitrogens with zero attached hydrogens (tertiary/aromatic N) is 2. The molecule has 144 valence electrons. The van der Waals surface area contributed by atoms with Crippen LogP contribution in [-0.2, 0) is 16.8 Å². The van der Waals surface area contributed by atoms with Gasteiger partial charge in [0, 0.05) is 6.20 Å². The summed E-state index contributed by atoms with van der Waals surface area (Å²) in [4.78, 5) is 21.6. The summed E-state index contributed by atoms with van der Waals surface area (Å²) in [6.45, 7) is 1.97. The number of ether oxygens (including phenoxy) is 1. The van der Waals surface area contributed by atoms with Gasteiger partial charge in [-0.25, -0.2) is 14.8 Å². The van der Waals surface area contributed by atoms with Crippen molar-refractivity contribution in [3.63, 3.8) is 0 Å². The number of benzene rings is 1. The SMILES string of the molecule is COC(=O)c1ccc2c(c1)CCC[C@]2(O)c1ncc(-c2cc(C)cc(N)n2)s1. The molecule has 3 N–H and O–H groups in total. The van der Waals surface area contributed by atoms with Gasteiger partial charge in [-0.2, -0.15) is 0 Å². The molecule has 3 aromatic rings. The van der Waals surface area contributed by atoms with Crippen molar-refractivity contribution in [1.82, 2.24) is 9.97 Å². The lowest BCUT2D eigenvalue weighted by molar-refractivity contribution is 0.0583. The molecule has 0 saturated heterocycles. The van der Waals surface area contributed by atoms with Crippen LogP contribution in [-0.4, -0.2) is 28.2 Å². The molecule has 2 heterocycles. The Morgan fingerprint density at radius 3 is 2.89 bits per heavy atom. The number of pyridine rings is 1. The van der Waals surface area contributed by atoms with Crippen LogP contribution in [0.5, 0.6) is 0 Å². The Morgan fingerprint density at radius 2 is 2.14 bits per heavy atom. The molecule has 2 aromatic heterocycles. The molecule has 0 amide bonds. The lowest BCUT2D eigenvalue weighted by atomic mass is 9.79. The van der Waals surface area contributed by atoms with E-state index in [0.29, 0.717) is 22.8 Å². The van der Waals surface area contributed by atoms with E-state index in [9.17, 15) is 9.90 Å². The van der Waals surface area contributed by atoms with Gasteiger partial charge in [-0.1, -0.05) is 6.07 Å². The minimum Gasteiger partial charge on any atom is -0.465 e. The fourth-order valence-corrected chi connectivity index (χ4v) is 4.75. The minimum atomic E-state index is -1.18. The van der Waals surface area contributed by atoms with Crippen LogP contribution < -0.4 is 5.73 Å². The van der Waals surface area contributed by atoms with Crippen LogP contribution in [0.1, 0.15) is 44.9 Å². The third-order valence-electron chi connectivity index (χ3n) is 5.06. The third-order valence-corrected chi connectivity index (χ3v) is 6.23. The number of methoxy groups -OCH3 is 1. The highest BCUT2D eigenvalue weighted by molar-refractivity contribution is 7.15. The first-order valence-electron chi connectivity index (χ1n) is 9.05. The van der Waals surface area contributed by atoms with E-state index in [0.717, 1.165) is 40.1 Å². The van der Waals surface area contributed by atoms with Gasteiger partial charge in [0.05, 0.1) is 23.2 Å². The Kier molecular flexibility index (Phi) is 4.64. The molecule has 0 fully saturated rings. The smallest absolute Gasteiger partial charge is 0.337 e. The molecule has 1 atom stereocenters. The van der Waals surface area contributed by atoms with Crippen molar-refractivity contribution in [1.29, 1.82) is 0 Å². The maximum Gasteiger partial charge on any atom is 0.337 e. The summed E-state index contributed by atoms with van der Waals surface area (Å²) in [5.41, 5.74) is 8.70. The highest BCUT2D eigenvalue weighted by atomic mass is 32.1. The number of anilines is 1. The number of esters is 1. The first-order valence-corrected chi connectivity index (χ1v) is 9.87. The second-order valence-electron chi connectivity index (χ2n) is 7.06. The van der Waals surface area contributed by atoms with Crippen LogP contribution in [0.25, 0.3) is 10.6 Å². The van der Waals surface area contributed by atoms with E-state index in [2.05, 4.69) is 9.97 Å². The molecule has 0 spiro atoms. The maximum absolute atomic E-state index is 11.8. The summed E-state index contributed by atoms with van der Waals surface area (Å²) in [5.74, 6) is 0.0820. The minimum absolute atomic E-state index is 0.378. The zero-order valence-corrected chi connectivity index (χ0v) is 16.5. The van der Waals surface area contributed by atoms with Gasteiger partial charge in [0.15, 0.2) is 0 Å². The number of carbonyl (C=O) groups excluding carboxylic acids is 1. The second-order valence-corrected chi connectivity index (χ2v) is 8.09. The van der Waals surface area contributed by atoms with Crippen molar-refractivity contribution in [3.8, 4) is 10.6 Å². The molecule has 0 saturated carbocycles. The Balaban J connectivity index is 1.74. The quantitative estimate of drug-likeness (QED) is 0.659. The number of aromatic nitrogens is 2. The van der Waals surface area contributed by atoms with Crippen molar-refractivity contribution < 1.29 is 14.6 Å². The van der Waals surface area contributed by atoms with E-state index in [1.807, 2.05) is 31.2 Å². The van der Waals surface area contributed by atoms with Gasteiger partial charge in [0.1, 0.15) is 16.4 Å². The lowest BCUT2D eigenvalue weighted by Crippen LogP contribution is -2.32. The molecule has 1 aliphatic rings. The topological polar surface area (TPSA) is 98.3 Å². The molecule has 0 unspecified atom stereocenters. The van der Waals surface area contributed by atoms with E-state index in [4.69, 9.17) is 10.5 Å². The van der Waals surface area contributed by atoms with Crippen molar-refractivity contribution in [2.24, 2.45) is 0 Å². The molecule has 1 aromatic carbocycles. The number of hydrogen-bond donors (Lipinski definition) is 2. The molecule has 28 heavy (non-hydrogen) atoms. The standard InChI is InChI=1S/C21H21N3O3S/c1-12-8-16(24-18(22)9-12)17-11-23-20(28-17)21(26)7-3-4-13-10-14(19(25)27-2)5-6-15(13)21/h5-6,8-11,26H,3-4,7H2,1-2H3,(H2,22,24)/t21-/m1/s1. The molecular formula is C21H21N3O3S. The Bertz CT molecular complexity index is 1040. The van der Waals surface area contributed by atoms with Gasteiger partial charge in [-0.3, -0.25) is 0 Å². The molecule has 0 bridgehead atoms. The van der Waals surface area contributed by atoms with Crippen molar-refractivity contribution >= 4 is 23.1 Å². The van der Waals surface area contributed by atoms with E-state index in [1.165, 1.54) is 18.4 Å². The van der Waals surface area contributed by atoms with Crippen LogP contribution in [0.2, 0.25) is 0 Å². The fourth-order valence-electron chi connectivity index (χ4n) is 3.74. The first-order chi connectivity index (χ1) is 13.4. The Hall–Kier alpha value is -2.77. The van der Waals surface area contributed by atoms with E-state index in [-0.39, 0.29) is 5.97 Å². The summed E-state index contributed by atoms with van der Waals surface area (Å²) in [6, 6.07) is 9.08. The van der Waals surface area contributed by atoms with Crippen molar-refractivity contribution in [2.75, 3.05) is 12.8 Å². The van der Waals surface area contributed by atoms with E-state index >= 15 is 0 Å². The number of hydrogen-bond acceptors (Lipinski definition) is 7. The molecule has 4 rings (SSSR count). The average Bonchev–Trinajstić information content (AvgIpc) is 3.17. The van der Waals surface area contributed by atoms with Gasteiger partial charge in [-0.05, 0) is 67.1 Å². The predicted octanol–water partition coefficient (Wildman–Crippen LogP) is 3.45. The molecule has 1 aliphatic carbocycles. The van der Waals surface area contributed by atoms with Gasteiger partial charge < -0.3 is 15.6 Å². The van der Waals surface area contributed by atoms with Crippen LogP contribution in [0.4, 0.5) is 5.82 Å². The Morgan fingerprint density at radius 1 is 1.32 bits per heavy atom.